The Balaban J connectivity index is 3.00. The van der Waals surface area contributed by atoms with Gasteiger partial charge in [0.25, 0.3) is 0 Å². The molecule has 0 atom stereocenters. The molecule has 0 unspecified atom stereocenters. The van der Waals surface area contributed by atoms with E-state index >= 15 is 0 Å². The number of hydrogen-bond acceptors (Lipinski definition) is 2. The van der Waals surface area contributed by atoms with Gasteiger partial charge in [-0.05, 0) is 30.7 Å². The molecule has 2 heteroatoms. The third-order valence-electron chi connectivity index (χ3n) is 1.64. The van der Waals surface area contributed by atoms with Crippen LogP contribution in [-0.2, 0) is 0 Å². The van der Waals surface area contributed by atoms with Gasteiger partial charge in [0.15, 0.2) is 0 Å². The van der Waals surface area contributed by atoms with E-state index in [9.17, 15) is 4.79 Å². The third-order valence-corrected chi connectivity index (χ3v) is 1.64. The first-order valence-electron chi connectivity index (χ1n) is 4.19. The first-order chi connectivity index (χ1) is 6.76. The Bertz CT molecular complexity index is 444. The Kier molecular flexibility index (Phi) is 3.47. The Morgan fingerprint density at radius 1 is 1.43 bits per heavy atom. The molecule has 14 heavy (non-hydrogen) atoms. The molecule has 2 nitrogen and oxygen atoms in total. The lowest BCUT2D eigenvalue weighted by Crippen LogP contribution is -1.84. The molecular weight excluding hydrogens is 174 g/mol. The highest BCUT2D eigenvalue weighted by molar-refractivity contribution is 5.76. The van der Waals surface area contributed by atoms with Crippen LogP contribution in [0.3, 0.4) is 0 Å². The fourth-order valence-corrected chi connectivity index (χ4v) is 1.14. The molecule has 68 valence electrons. The smallest absolute Gasteiger partial charge is 0.150 e. The number of benzene rings is 1. The van der Waals surface area contributed by atoms with Gasteiger partial charge in [-0.3, -0.25) is 4.79 Å². The second kappa shape index (κ2) is 4.84. The molecule has 0 N–H and O–H groups in total. The van der Waals surface area contributed by atoms with Crippen LogP contribution < -0.4 is 0 Å². The molecule has 0 aliphatic rings. The molecule has 1 rings (SSSR count). The number of aryl methyl sites for hydroxylation is 1. The minimum absolute atomic E-state index is 0.213. The minimum atomic E-state index is 0.213. The van der Waals surface area contributed by atoms with Crippen molar-refractivity contribution in [1.82, 2.24) is 0 Å². The van der Waals surface area contributed by atoms with Crippen LogP contribution in [0.15, 0.2) is 18.2 Å². The van der Waals surface area contributed by atoms with E-state index < -0.39 is 0 Å². The summed E-state index contributed by atoms with van der Waals surface area (Å²) in [6.07, 6.45) is 1.01. The maximum Gasteiger partial charge on any atom is 0.150 e. The van der Waals surface area contributed by atoms with Crippen LogP contribution >= 0.6 is 0 Å². The molecular formula is C12H9NO. The Labute approximate surface area is 83.2 Å². The highest BCUT2D eigenvalue weighted by Gasteiger charge is 1.94. The molecule has 0 aromatic heterocycles. The number of hydrogen-bond donors (Lipinski definition) is 0. The summed E-state index contributed by atoms with van der Waals surface area (Å²) in [5, 5.41) is 8.29. The van der Waals surface area contributed by atoms with Gasteiger partial charge in [-0.25, -0.2) is 0 Å². The van der Waals surface area contributed by atoms with Gasteiger partial charge in [0.2, 0.25) is 0 Å². The van der Waals surface area contributed by atoms with Crippen molar-refractivity contribution < 1.29 is 4.79 Å². The molecule has 0 heterocycles. The molecule has 0 aliphatic carbocycles. The summed E-state index contributed by atoms with van der Waals surface area (Å²) in [5.41, 5.74) is 2.39. The minimum Gasteiger partial charge on any atom is -0.298 e. The van der Waals surface area contributed by atoms with Crippen LogP contribution in [-0.4, -0.2) is 6.29 Å². The summed E-state index contributed by atoms with van der Waals surface area (Å²) >= 11 is 0. The van der Waals surface area contributed by atoms with E-state index in [4.69, 9.17) is 5.26 Å². The maximum atomic E-state index is 10.5. The van der Waals surface area contributed by atoms with Crippen LogP contribution in [0.1, 0.15) is 27.9 Å². The molecule has 0 bridgehead atoms. The Morgan fingerprint density at radius 2 is 2.21 bits per heavy atom. The normalized spacial score (nSPS) is 8.29. The van der Waals surface area contributed by atoms with Crippen LogP contribution in [0.2, 0.25) is 0 Å². The first-order valence-corrected chi connectivity index (χ1v) is 4.19. The zero-order valence-electron chi connectivity index (χ0n) is 7.87. The van der Waals surface area contributed by atoms with Crippen molar-refractivity contribution in [3.63, 3.8) is 0 Å². The SMILES string of the molecule is Cc1cc(C#CCC#N)cc(C=O)c1. The predicted molar refractivity (Wildman–Crippen MR) is 53.7 cm³/mol. The highest BCUT2D eigenvalue weighted by atomic mass is 16.1. The van der Waals surface area contributed by atoms with E-state index in [1.54, 1.807) is 12.1 Å². The average Bonchev–Trinajstić information content (AvgIpc) is 2.17. The topological polar surface area (TPSA) is 40.9 Å². The van der Waals surface area contributed by atoms with E-state index in [0.717, 1.165) is 17.4 Å². The van der Waals surface area contributed by atoms with Crippen molar-refractivity contribution in [2.24, 2.45) is 0 Å². The summed E-state index contributed by atoms with van der Waals surface area (Å²) in [7, 11) is 0. The van der Waals surface area contributed by atoms with Gasteiger partial charge in [-0.2, -0.15) is 5.26 Å². The second-order valence-corrected chi connectivity index (χ2v) is 2.89. The summed E-state index contributed by atoms with van der Waals surface area (Å²) < 4.78 is 0. The van der Waals surface area contributed by atoms with E-state index in [-0.39, 0.29) is 6.42 Å². The molecule has 0 spiro atoms. The van der Waals surface area contributed by atoms with Crippen LogP contribution in [0.25, 0.3) is 0 Å². The van der Waals surface area contributed by atoms with Crippen molar-refractivity contribution in [3.8, 4) is 17.9 Å². The number of carbonyl (C=O) groups is 1. The summed E-state index contributed by atoms with van der Waals surface area (Å²) in [4.78, 5) is 10.5. The number of carbonyl (C=O) groups excluding carboxylic acids is 1. The molecule has 1 aromatic carbocycles. The molecule has 0 saturated heterocycles. The Morgan fingerprint density at radius 3 is 2.86 bits per heavy atom. The lowest BCUT2D eigenvalue weighted by molar-refractivity contribution is 0.112. The van der Waals surface area contributed by atoms with Gasteiger partial charge in [0.05, 0.1) is 12.5 Å². The van der Waals surface area contributed by atoms with E-state index in [1.165, 1.54) is 0 Å². The molecule has 0 aliphatic heterocycles. The lowest BCUT2D eigenvalue weighted by Gasteiger charge is -1.96. The highest BCUT2D eigenvalue weighted by Crippen LogP contribution is 2.06. The van der Waals surface area contributed by atoms with Gasteiger partial charge < -0.3 is 0 Å². The first kappa shape index (κ1) is 10.0. The fourth-order valence-electron chi connectivity index (χ4n) is 1.14. The van der Waals surface area contributed by atoms with Gasteiger partial charge >= 0.3 is 0 Å². The average molecular weight is 183 g/mol. The zero-order valence-corrected chi connectivity index (χ0v) is 7.87. The van der Waals surface area contributed by atoms with Crippen molar-refractivity contribution >= 4 is 6.29 Å². The van der Waals surface area contributed by atoms with Crippen LogP contribution in [0.5, 0.6) is 0 Å². The predicted octanol–water partition coefficient (Wildman–Crippen LogP) is 2.07. The summed E-state index contributed by atoms with van der Waals surface area (Å²) in [6, 6.07) is 7.33. The van der Waals surface area contributed by atoms with Crippen molar-refractivity contribution in [2.45, 2.75) is 13.3 Å². The number of aldehydes is 1. The lowest BCUT2D eigenvalue weighted by atomic mass is 10.1. The van der Waals surface area contributed by atoms with Crippen LogP contribution in [0.4, 0.5) is 0 Å². The monoisotopic (exact) mass is 183 g/mol. The summed E-state index contributed by atoms with van der Waals surface area (Å²) in [6.45, 7) is 1.91. The van der Waals surface area contributed by atoms with Crippen molar-refractivity contribution in [3.05, 3.63) is 34.9 Å². The van der Waals surface area contributed by atoms with Gasteiger partial charge in [-0.15, -0.1) is 0 Å². The van der Waals surface area contributed by atoms with Gasteiger partial charge in [-0.1, -0.05) is 11.8 Å². The molecule has 0 fully saturated rings. The fraction of sp³-hybridized carbons (Fsp3) is 0.167. The molecule has 0 radical (unpaired) electrons. The van der Waals surface area contributed by atoms with Gasteiger partial charge in [0, 0.05) is 11.1 Å². The zero-order chi connectivity index (χ0) is 10.4. The van der Waals surface area contributed by atoms with Crippen molar-refractivity contribution in [1.29, 1.82) is 5.26 Å². The largest absolute Gasteiger partial charge is 0.298 e. The third kappa shape index (κ3) is 2.77. The molecule has 0 amide bonds. The van der Waals surface area contributed by atoms with Crippen LogP contribution in [0, 0.1) is 30.1 Å². The van der Waals surface area contributed by atoms with Crippen molar-refractivity contribution in [2.75, 3.05) is 0 Å². The van der Waals surface area contributed by atoms with E-state index in [1.807, 2.05) is 19.1 Å². The second-order valence-electron chi connectivity index (χ2n) is 2.89. The Hall–Kier alpha value is -2.06. The van der Waals surface area contributed by atoms with E-state index in [2.05, 4.69) is 11.8 Å². The number of rotatable bonds is 1. The number of nitrogens with zero attached hydrogens (tertiary/aromatic N) is 1. The number of nitriles is 1. The van der Waals surface area contributed by atoms with Gasteiger partial charge in [0.1, 0.15) is 6.29 Å². The molecule has 0 saturated carbocycles. The maximum absolute atomic E-state index is 10.5. The van der Waals surface area contributed by atoms with E-state index in [0.29, 0.717) is 5.56 Å². The molecule has 1 aromatic rings. The quantitative estimate of drug-likeness (QED) is 0.494. The summed E-state index contributed by atoms with van der Waals surface area (Å²) in [5.74, 6) is 5.53. The standard InChI is InChI=1S/C12H9NO/c1-10-6-11(4-2-3-5-13)8-12(7-10)9-14/h6-9H,3H2,1H3.